The van der Waals surface area contributed by atoms with E-state index in [4.69, 9.17) is 9.47 Å². The van der Waals surface area contributed by atoms with Crippen molar-refractivity contribution < 1.29 is 19.1 Å². The highest BCUT2D eigenvalue weighted by atomic mass is 16.6. The minimum Gasteiger partial charge on any atom is -0.468 e. The van der Waals surface area contributed by atoms with E-state index in [1.165, 1.54) is 7.11 Å². The van der Waals surface area contributed by atoms with Crippen molar-refractivity contribution in [2.75, 3.05) is 20.2 Å². The smallest absolute Gasteiger partial charge is 0.410 e. The summed E-state index contributed by atoms with van der Waals surface area (Å²) in [7, 11) is 1.38. The van der Waals surface area contributed by atoms with E-state index >= 15 is 0 Å². The van der Waals surface area contributed by atoms with Crippen LogP contribution in [0.15, 0.2) is 30.3 Å². The average Bonchev–Trinajstić information content (AvgIpc) is 2.55. The lowest BCUT2D eigenvalue weighted by Crippen LogP contribution is -2.61. The van der Waals surface area contributed by atoms with Gasteiger partial charge in [-0.25, -0.2) is 4.79 Å². The van der Waals surface area contributed by atoms with E-state index < -0.39 is 17.7 Å². The van der Waals surface area contributed by atoms with Gasteiger partial charge in [0.05, 0.1) is 13.7 Å². The minimum atomic E-state index is -0.567. The van der Waals surface area contributed by atoms with Gasteiger partial charge in [0, 0.05) is 19.1 Å². The number of amides is 1. The molecule has 6 nitrogen and oxygen atoms in total. The lowest BCUT2D eigenvalue weighted by Gasteiger charge is -2.44. The van der Waals surface area contributed by atoms with Gasteiger partial charge in [0.2, 0.25) is 0 Å². The Bertz CT molecular complexity index is 597. The highest BCUT2D eigenvalue weighted by Crippen LogP contribution is 2.22. The van der Waals surface area contributed by atoms with E-state index in [9.17, 15) is 9.59 Å². The molecule has 6 heteroatoms. The van der Waals surface area contributed by atoms with Crippen LogP contribution in [0.1, 0.15) is 33.3 Å². The Balaban J connectivity index is 2.16. The number of methoxy groups -OCH3 is 1. The minimum absolute atomic E-state index is 0.00516. The normalized spacial score (nSPS) is 21.7. The Kier molecular flexibility index (Phi) is 6.06. The van der Waals surface area contributed by atoms with Crippen LogP contribution in [-0.2, 0) is 20.8 Å². The van der Waals surface area contributed by atoms with Crippen LogP contribution in [-0.4, -0.2) is 59.7 Å². The van der Waals surface area contributed by atoms with Gasteiger partial charge in [0.15, 0.2) is 0 Å². The highest BCUT2D eigenvalue weighted by molar-refractivity contribution is 5.78. The van der Waals surface area contributed by atoms with Crippen LogP contribution in [0.2, 0.25) is 0 Å². The summed E-state index contributed by atoms with van der Waals surface area (Å²) in [6, 6.07) is 9.47. The Labute approximate surface area is 149 Å². The van der Waals surface area contributed by atoms with Gasteiger partial charge in [-0.2, -0.15) is 0 Å². The third-order valence-electron chi connectivity index (χ3n) is 4.18. The van der Waals surface area contributed by atoms with Gasteiger partial charge in [-0.3, -0.25) is 9.69 Å². The predicted octanol–water partition coefficient (Wildman–Crippen LogP) is 2.67. The lowest BCUT2D eigenvalue weighted by molar-refractivity contribution is -0.151. The Morgan fingerprint density at radius 1 is 1.16 bits per heavy atom. The first kappa shape index (κ1) is 19.2. The number of hydrogen-bond donors (Lipinski definition) is 0. The number of nitrogens with zero attached hydrogens (tertiary/aromatic N) is 2. The molecule has 1 aliphatic rings. The maximum Gasteiger partial charge on any atom is 0.410 e. The van der Waals surface area contributed by atoms with E-state index in [-0.39, 0.29) is 18.6 Å². The monoisotopic (exact) mass is 348 g/mol. The number of esters is 1. The summed E-state index contributed by atoms with van der Waals surface area (Å²) in [6.07, 6.45) is -0.396. The van der Waals surface area contributed by atoms with E-state index in [0.717, 1.165) is 5.56 Å². The molecular weight excluding hydrogens is 320 g/mol. The summed E-state index contributed by atoms with van der Waals surface area (Å²) in [6.45, 7) is 8.90. The number of rotatable bonds is 3. The molecule has 2 rings (SSSR count). The zero-order valence-corrected chi connectivity index (χ0v) is 15.7. The molecule has 2 atom stereocenters. The van der Waals surface area contributed by atoms with Gasteiger partial charge >= 0.3 is 12.1 Å². The van der Waals surface area contributed by atoms with E-state index in [1.54, 1.807) is 4.90 Å². The van der Waals surface area contributed by atoms with Gasteiger partial charge in [0.1, 0.15) is 11.6 Å². The Morgan fingerprint density at radius 3 is 2.36 bits per heavy atom. The van der Waals surface area contributed by atoms with E-state index in [2.05, 4.69) is 4.90 Å². The van der Waals surface area contributed by atoms with Crippen molar-refractivity contribution >= 4 is 12.1 Å². The number of ether oxygens (including phenoxy) is 2. The van der Waals surface area contributed by atoms with Crippen LogP contribution in [0.25, 0.3) is 0 Å². The van der Waals surface area contributed by atoms with Crippen LogP contribution in [0.5, 0.6) is 0 Å². The third-order valence-corrected chi connectivity index (χ3v) is 4.18. The maximum absolute atomic E-state index is 12.4. The van der Waals surface area contributed by atoms with Crippen molar-refractivity contribution in [3.05, 3.63) is 35.9 Å². The van der Waals surface area contributed by atoms with Crippen LogP contribution in [0, 0.1) is 0 Å². The molecule has 0 unspecified atom stereocenters. The topological polar surface area (TPSA) is 59.1 Å². The standard InChI is InChI=1S/C19H28N2O4/c1-14-11-20(18(23)25-19(2,3)4)13-16(17(22)24-5)21(14)12-15-9-7-6-8-10-15/h6-10,14,16H,11-13H2,1-5H3/t14-,16-/m1/s1. The fraction of sp³-hybridized carbons (Fsp3) is 0.579. The zero-order chi connectivity index (χ0) is 18.6. The maximum atomic E-state index is 12.4. The molecule has 1 aliphatic heterocycles. The van der Waals surface area contributed by atoms with Crippen molar-refractivity contribution in [3.63, 3.8) is 0 Å². The number of carbonyl (C=O) groups excluding carboxylic acids is 2. The third kappa shape index (κ3) is 5.19. The SMILES string of the molecule is COC(=O)[C@H]1CN(C(=O)OC(C)(C)C)C[C@@H](C)N1Cc1ccccc1. The molecular formula is C19H28N2O4. The Hall–Kier alpha value is -2.08. The van der Waals surface area contributed by atoms with Gasteiger partial charge in [-0.1, -0.05) is 30.3 Å². The van der Waals surface area contributed by atoms with Gasteiger partial charge in [-0.05, 0) is 33.3 Å². The summed E-state index contributed by atoms with van der Waals surface area (Å²) >= 11 is 0. The molecule has 138 valence electrons. The molecule has 0 radical (unpaired) electrons. The highest BCUT2D eigenvalue weighted by Gasteiger charge is 2.40. The molecule has 1 amide bonds. The van der Waals surface area contributed by atoms with Crippen molar-refractivity contribution in [2.45, 2.75) is 51.9 Å². The molecule has 0 aromatic heterocycles. The molecule has 0 bridgehead atoms. The van der Waals surface area contributed by atoms with Crippen molar-refractivity contribution in [2.24, 2.45) is 0 Å². The summed E-state index contributed by atoms with van der Waals surface area (Å²) in [5.41, 5.74) is 0.552. The number of carbonyl (C=O) groups is 2. The average molecular weight is 348 g/mol. The van der Waals surface area contributed by atoms with Crippen molar-refractivity contribution in [1.29, 1.82) is 0 Å². The van der Waals surface area contributed by atoms with Crippen LogP contribution < -0.4 is 0 Å². The first-order chi connectivity index (χ1) is 11.7. The molecule has 1 saturated heterocycles. The van der Waals surface area contributed by atoms with Crippen molar-refractivity contribution in [1.82, 2.24) is 9.80 Å². The van der Waals surface area contributed by atoms with Crippen LogP contribution >= 0.6 is 0 Å². The fourth-order valence-corrected chi connectivity index (χ4v) is 3.00. The van der Waals surface area contributed by atoms with Crippen LogP contribution in [0.4, 0.5) is 4.79 Å². The molecule has 1 heterocycles. The summed E-state index contributed by atoms with van der Waals surface area (Å²) in [4.78, 5) is 28.4. The van der Waals surface area contributed by atoms with Crippen LogP contribution in [0.3, 0.4) is 0 Å². The lowest BCUT2D eigenvalue weighted by atomic mass is 10.1. The molecule has 1 aromatic carbocycles. The second-order valence-electron chi connectivity index (χ2n) is 7.43. The first-order valence-corrected chi connectivity index (χ1v) is 8.56. The van der Waals surface area contributed by atoms with Crippen molar-refractivity contribution in [3.8, 4) is 0 Å². The number of hydrogen-bond acceptors (Lipinski definition) is 5. The summed E-state index contributed by atoms with van der Waals surface area (Å²) in [5.74, 6) is -0.337. The van der Waals surface area contributed by atoms with Gasteiger partial charge in [-0.15, -0.1) is 0 Å². The number of piperazine rings is 1. The molecule has 0 N–H and O–H groups in total. The summed E-state index contributed by atoms with van der Waals surface area (Å²) < 4.78 is 10.4. The molecule has 1 fully saturated rings. The quantitative estimate of drug-likeness (QED) is 0.786. The molecule has 25 heavy (non-hydrogen) atoms. The molecule has 0 aliphatic carbocycles. The van der Waals surface area contributed by atoms with Gasteiger partial charge < -0.3 is 14.4 Å². The van der Waals surface area contributed by atoms with E-state index in [1.807, 2.05) is 58.0 Å². The largest absolute Gasteiger partial charge is 0.468 e. The molecule has 1 aromatic rings. The second-order valence-corrected chi connectivity index (χ2v) is 7.43. The molecule has 0 saturated carbocycles. The first-order valence-electron chi connectivity index (χ1n) is 8.56. The number of benzene rings is 1. The summed E-state index contributed by atoms with van der Waals surface area (Å²) in [5, 5.41) is 0. The molecule has 0 spiro atoms. The second kappa shape index (κ2) is 7.87. The Morgan fingerprint density at radius 2 is 1.80 bits per heavy atom. The zero-order valence-electron chi connectivity index (χ0n) is 15.7. The van der Waals surface area contributed by atoms with Gasteiger partial charge in [0.25, 0.3) is 0 Å². The predicted molar refractivity (Wildman–Crippen MR) is 95.1 cm³/mol. The van der Waals surface area contributed by atoms with E-state index in [0.29, 0.717) is 13.1 Å². The fourth-order valence-electron chi connectivity index (χ4n) is 3.00.